The average molecular weight is 253 g/mol. The van der Waals surface area contributed by atoms with E-state index in [0.29, 0.717) is 11.3 Å². The summed E-state index contributed by atoms with van der Waals surface area (Å²) >= 11 is 1.42. The van der Waals surface area contributed by atoms with Crippen molar-refractivity contribution < 1.29 is 9.13 Å². The number of aromatic nitrogens is 1. The van der Waals surface area contributed by atoms with Gasteiger partial charge in [-0.05, 0) is 6.07 Å². The van der Waals surface area contributed by atoms with Crippen LogP contribution in [0.1, 0.15) is 16.5 Å². The average Bonchev–Trinajstić information content (AvgIpc) is 2.85. The SMILES string of the molecule is COc1ccc(C(NN)c2cncs2)c(F)c1. The molecular formula is C11H12FN3OS. The second-order valence-corrected chi connectivity index (χ2v) is 4.31. The van der Waals surface area contributed by atoms with Crippen LogP contribution in [0.2, 0.25) is 0 Å². The molecule has 0 amide bonds. The molecule has 0 aliphatic heterocycles. The zero-order chi connectivity index (χ0) is 12.3. The van der Waals surface area contributed by atoms with Gasteiger partial charge in [0, 0.05) is 22.7 Å². The van der Waals surface area contributed by atoms with Gasteiger partial charge in [0.15, 0.2) is 0 Å². The molecule has 1 atom stereocenters. The highest BCUT2D eigenvalue weighted by molar-refractivity contribution is 7.09. The molecule has 1 unspecified atom stereocenters. The van der Waals surface area contributed by atoms with Crippen molar-refractivity contribution in [2.45, 2.75) is 6.04 Å². The van der Waals surface area contributed by atoms with Gasteiger partial charge in [0.05, 0.1) is 18.7 Å². The number of hydrogen-bond acceptors (Lipinski definition) is 5. The van der Waals surface area contributed by atoms with Crippen molar-refractivity contribution in [3.05, 3.63) is 46.2 Å². The second-order valence-electron chi connectivity index (χ2n) is 3.39. The van der Waals surface area contributed by atoms with Gasteiger partial charge in [0.1, 0.15) is 11.6 Å². The van der Waals surface area contributed by atoms with Gasteiger partial charge in [0.25, 0.3) is 0 Å². The highest BCUT2D eigenvalue weighted by Crippen LogP contribution is 2.28. The van der Waals surface area contributed by atoms with E-state index >= 15 is 0 Å². The van der Waals surface area contributed by atoms with Crippen molar-refractivity contribution in [1.82, 2.24) is 10.4 Å². The number of methoxy groups -OCH3 is 1. The number of nitrogens with two attached hydrogens (primary N) is 1. The minimum atomic E-state index is -0.395. The standard InChI is InChI=1S/C11H12FN3OS/c1-16-7-2-3-8(9(12)4-7)11(15-13)10-5-14-6-17-10/h2-6,11,15H,13H2,1H3. The number of halogens is 1. The molecule has 4 nitrogen and oxygen atoms in total. The van der Waals surface area contributed by atoms with E-state index in [1.807, 2.05) is 0 Å². The molecule has 1 aromatic heterocycles. The Balaban J connectivity index is 2.38. The molecule has 0 saturated heterocycles. The molecule has 2 rings (SSSR count). The molecular weight excluding hydrogens is 241 g/mol. The largest absolute Gasteiger partial charge is 0.497 e. The summed E-state index contributed by atoms with van der Waals surface area (Å²) in [5.41, 5.74) is 4.74. The van der Waals surface area contributed by atoms with E-state index in [-0.39, 0.29) is 5.82 Å². The Bertz CT molecular complexity index is 489. The molecule has 0 bridgehead atoms. The summed E-state index contributed by atoms with van der Waals surface area (Å²) in [6, 6.07) is 4.29. The van der Waals surface area contributed by atoms with Gasteiger partial charge >= 0.3 is 0 Å². The summed E-state index contributed by atoms with van der Waals surface area (Å²) in [7, 11) is 1.50. The molecule has 0 saturated carbocycles. The number of benzene rings is 1. The summed E-state index contributed by atoms with van der Waals surface area (Å²) < 4.78 is 18.8. The maximum atomic E-state index is 13.9. The van der Waals surface area contributed by atoms with E-state index in [2.05, 4.69) is 10.4 Å². The van der Waals surface area contributed by atoms with Crippen LogP contribution in [0.25, 0.3) is 0 Å². The normalized spacial score (nSPS) is 12.4. The molecule has 3 N–H and O–H groups in total. The Morgan fingerprint density at radius 2 is 2.35 bits per heavy atom. The van der Waals surface area contributed by atoms with Crippen molar-refractivity contribution >= 4 is 11.3 Å². The Morgan fingerprint density at radius 3 is 2.88 bits per heavy atom. The van der Waals surface area contributed by atoms with Crippen molar-refractivity contribution in [3.8, 4) is 5.75 Å². The lowest BCUT2D eigenvalue weighted by molar-refractivity contribution is 0.410. The van der Waals surface area contributed by atoms with Crippen LogP contribution in [0.4, 0.5) is 4.39 Å². The topological polar surface area (TPSA) is 60.2 Å². The number of rotatable bonds is 4. The van der Waals surface area contributed by atoms with E-state index in [4.69, 9.17) is 10.6 Å². The second kappa shape index (κ2) is 5.22. The number of ether oxygens (including phenoxy) is 1. The quantitative estimate of drug-likeness (QED) is 0.645. The minimum absolute atomic E-state index is 0.360. The number of thiazole rings is 1. The van der Waals surface area contributed by atoms with Crippen LogP contribution in [0.15, 0.2) is 29.9 Å². The fraction of sp³-hybridized carbons (Fsp3) is 0.182. The van der Waals surface area contributed by atoms with Crippen molar-refractivity contribution in [2.24, 2.45) is 5.84 Å². The van der Waals surface area contributed by atoms with Gasteiger partial charge in [-0.3, -0.25) is 10.8 Å². The fourth-order valence-electron chi connectivity index (χ4n) is 1.56. The Morgan fingerprint density at radius 1 is 1.53 bits per heavy atom. The summed E-state index contributed by atoms with van der Waals surface area (Å²) in [6.07, 6.45) is 1.67. The zero-order valence-electron chi connectivity index (χ0n) is 9.18. The van der Waals surface area contributed by atoms with Crippen molar-refractivity contribution in [2.75, 3.05) is 7.11 Å². The first kappa shape index (κ1) is 12.0. The van der Waals surface area contributed by atoms with Crippen LogP contribution in [-0.4, -0.2) is 12.1 Å². The van der Waals surface area contributed by atoms with E-state index < -0.39 is 6.04 Å². The molecule has 1 aromatic carbocycles. The molecule has 0 aliphatic rings. The molecule has 0 fully saturated rings. The molecule has 0 spiro atoms. The van der Waals surface area contributed by atoms with Gasteiger partial charge in [-0.2, -0.15) is 0 Å². The molecule has 6 heteroatoms. The summed E-state index contributed by atoms with van der Waals surface area (Å²) in [4.78, 5) is 4.81. The molecule has 17 heavy (non-hydrogen) atoms. The first-order valence-corrected chi connectivity index (χ1v) is 5.82. The third-order valence-corrected chi connectivity index (χ3v) is 3.26. The van der Waals surface area contributed by atoms with E-state index in [0.717, 1.165) is 4.88 Å². The first-order chi connectivity index (χ1) is 8.26. The van der Waals surface area contributed by atoms with Crippen LogP contribution in [0.3, 0.4) is 0 Å². The smallest absolute Gasteiger partial charge is 0.132 e. The van der Waals surface area contributed by atoms with Gasteiger partial charge in [-0.15, -0.1) is 11.3 Å². The van der Waals surface area contributed by atoms with E-state index in [1.54, 1.807) is 23.8 Å². The third-order valence-electron chi connectivity index (χ3n) is 2.42. The molecule has 2 aromatic rings. The predicted octanol–water partition coefficient (Wildman–Crippen LogP) is 1.84. The van der Waals surface area contributed by atoms with Gasteiger partial charge in [-0.25, -0.2) is 9.82 Å². The van der Waals surface area contributed by atoms with Crippen LogP contribution in [-0.2, 0) is 0 Å². The molecule has 90 valence electrons. The Kier molecular flexibility index (Phi) is 3.68. The van der Waals surface area contributed by atoms with E-state index in [1.165, 1.54) is 24.5 Å². The van der Waals surface area contributed by atoms with Gasteiger partial charge in [-0.1, -0.05) is 6.07 Å². The predicted molar refractivity (Wildman–Crippen MR) is 64.2 cm³/mol. The Labute approximate surface area is 102 Å². The molecule has 0 aliphatic carbocycles. The maximum Gasteiger partial charge on any atom is 0.132 e. The highest BCUT2D eigenvalue weighted by atomic mass is 32.1. The van der Waals surface area contributed by atoms with Crippen LogP contribution in [0.5, 0.6) is 5.75 Å². The lowest BCUT2D eigenvalue weighted by atomic mass is 10.1. The lowest BCUT2D eigenvalue weighted by Gasteiger charge is -2.15. The number of nitrogens with one attached hydrogen (secondary N) is 1. The van der Waals surface area contributed by atoms with Gasteiger partial charge in [0.2, 0.25) is 0 Å². The van der Waals surface area contributed by atoms with Crippen molar-refractivity contribution in [3.63, 3.8) is 0 Å². The lowest BCUT2D eigenvalue weighted by Crippen LogP contribution is -2.28. The number of hydrogen-bond donors (Lipinski definition) is 2. The zero-order valence-corrected chi connectivity index (χ0v) is 10.00. The highest BCUT2D eigenvalue weighted by Gasteiger charge is 2.18. The maximum absolute atomic E-state index is 13.9. The first-order valence-electron chi connectivity index (χ1n) is 4.94. The van der Waals surface area contributed by atoms with E-state index in [9.17, 15) is 4.39 Å². The minimum Gasteiger partial charge on any atom is -0.497 e. The summed E-state index contributed by atoms with van der Waals surface area (Å²) in [5.74, 6) is 5.58. The summed E-state index contributed by atoms with van der Waals surface area (Å²) in [6.45, 7) is 0. The Hall–Kier alpha value is -1.50. The van der Waals surface area contributed by atoms with Crippen LogP contribution in [0, 0.1) is 5.82 Å². The fourth-order valence-corrected chi connectivity index (χ4v) is 2.26. The van der Waals surface area contributed by atoms with Crippen LogP contribution >= 0.6 is 11.3 Å². The van der Waals surface area contributed by atoms with Crippen molar-refractivity contribution in [1.29, 1.82) is 0 Å². The number of nitrogens with zero attached hydrogens (tertiary/aromatic N) is 1. The third kappa shape index (κ3) is 2.44. The monoisotopic (exact) mass is 253 g/mol. The van der Waals surface area contributed by atoms with Gasteiger partial charge < -0.3 is 4.74 Å². The summed E-state index contributed by atoms with van der Waals surface area (Å²) in [5, 5.41) is 0. The number of hydrazine groups is 1. The molecule has 0 radical (unpaired) electrons. The molecule has 1 heterocycles. The van der Waals surface area contributed by atoms with Crippen LogP contribution < -0.4 is 16.0 Å².